The molecule has 2 aromatic carbocycles. The van der Waals surface area contributed by atoms with Crippen molar-refractivity contribution >= 4 is 24.2 Å². The Balaban J connectivity index is 0.00000119. The van der Waals surface area contributed by atoms with Crippen LogP contribution >= 0.6 is 0 Å². The third-order valence-corrected chi connectivity index (χ3v) is 11.1. The van der Waals surface area contributed by atoms with Crippen molar-refractivity contribution in [3.63, 3.8) is 0 Å². The molecule has 0 bridgehead atoms. The van der Waals surface area contributed by atoms with Gasteiger partial charge in [-0.25, -0.2) is 0 Å². The Morgan fingerprint density at radius 1 is 0.931 bits per heavy atom. The number of aryl methyl sites for hydroxylation is 1. The van der Waals surface area contributed by atoms with Crippen molar-refractivity contribution in [2.45, 2.75) is 100.0 Å². The van der Waals surface area contributed by atoms with Crippen molar-refractivity contribution in [2.24, 2.45) is 11.8 Å². The molecule has 1 unspecified atom stereocenters. The standard InChI is InChI=1S/C44H57N5O2.C4H8O.C2H6/c1-8-9-43(33(4)5)46(7)44(51)41-29-38(14-13-37(41)31-50)49-26-24-48(25-27-49)23-22-47-20-17-35(18-21-47)10-11-36-12-15-40(34(6)28-36)42-30-45-19-16-39(42)32(2)3;1-4(2)3-5;1-2/h12-16,19,28-32,35,43H,4,8-9,17-18,20-27H2,1-3,5-7H3;3-4H,1-2H3;1-2H3. The molecule has 0 N–H and O–H groups in total. The van der Waals surface area contributed by atoms with E-state index in [-0.39, 0.29) is 17.9 Å². The average molecular weight is 790 g/mol. The van der Waals surface area contributed by atoms with Crippen LogP contribution in [-0.4, -0.2) is 104 Å². The average Bonchev–Trinajstić information content (AvgIpc) is 3.24. The van der Waals surface area contributed by atoms with Crippen molar-refractivity contribution in [3.05, 3.63) is 94.8 Å². The maximum absolute atomic E-state index is 13.6. The lowest BCUT2D eigenvalue weighted by molar-refractivity contribution is -0.110. The number of benzene rings is 2. The van der Waals surface area contributed by atoms with Crippen LogP contribution in [0, 0.1) is 30.6 Å². The summed E-state index contributed by atoms with van der Waals surface area (Å²) in [6.45, 7) is 30.6. The quantitative estimate of drug-likeness (QED) is 0.0971. The van der Waals surface area contributed by atoms with E-state index in [9.17, 15) is 14.4 Å². The number of anilines is 1. The fraction of sp³-hybridized carbons (Fsp3) is 0.520. The summed E-state index contributed by atoms with van der Waals surface area (Å²) in [4.78, 5) is 48.6. The minimum atomic E-state index is -0.125. The van der Waals surface area contributed by atoms with E-state index in [4.69, 9.17) is 0 Å². The number of rotatable bonds is 13. The third kappa shape index (κ3) is 13.8. The zero-order chi connectivity index (χ0) is 42.8. The summed E-state index contributed by atoms with van der Waals surface area (Å²) in [7, 11) is 1.82. The van der Waals surface area contributed by atoms with Crippen molar-refractivity contribution in [2.75, 3.05) is 64.3 Å². The Bertz CT molecular complexity index is 1840. The molecule has 314 valence electrons. The number of likely N-dealkylation sites (N-methyl/N-ethyl adjacent to an activating group) is 1. The summed E-state index contributed by atoms with van der Waals surface area (Å²) in [5.41, 5.74) is 8.98. The van der Waals surface area contributed by atoms with Crippen LogP contribution in [0.15, 0.2) is 67.0 Å². The van der Waals surface area contributed by atoms with Crippen LogP contribution in [-0.2, 0) is 4.79 Å². The largest absolute Gasteiger partial charge is 0.369 e. The lowest BCUT2D eigenvalue weighted by Gasteiger charge is -2.38. The number of carbonyl (C=O) groups excluding carboxylic acids is 3. The maximum Gasteiger partial charge on any atom is 0.254 e. The second kappa shape index (κ2) is 24.4. The molecule has 3 aromatic rings. The minimum absolute atomic E-state index is 0.0440. The van der Waals surface area contributed by atoms with Crippen LogP contribution in [0.4, 0.5) is 5.69 Å². The van der Waals surface area contributed by atoms with Crippen molar-refractivity contribution in [1.82, 2.24) is 19.7 Å². The Hall–Kier alpha value is -4.58. The number of aldehydes is 2. The normalized spacial score (nSPS) is 15.3. The molecule has 8 heteroatoms. The predicted octanol–water partition coefficient (Wildman–Crippen LogP) is 9.56. The fourth-order valence-corrected chi connectivity index (χ4v) is 7.58. The number of amides is 1. The van der Waals surface area contributed by atoms with Gasteiger partial charge in [0.05, 0.1) is 11.6 Å². The van der Waals surface area contributed by atoms with E-state index in [1.165, 1.54) is 22.3 Å². The summed E-state index contributed by atoms with van der Waals surface area (Å²) in [5.74, 6) is 8.04. The number of carbonyl (C=O) groups is 3. The molecule has 3 heterocycles. The van der Waals surface area contributed by atoms with E-state index >= 15 is 0 Å². The van der Waals surface area contributed by atoms with Gasteiger partial charge in [0.1, 0.15) is 6.29 Å². The zero-order valence-corrected chi connectivity index (χ0v) is 37.3. The number of nitrogens with zero attached hydrogens (tertiary/aromatic N) is 5. The van der Waals surface area contributed by atoms with Crippen molar-refractivity contribution in [3.8, 4) is 23.0 Å². The zero-order valence-electron chi connectivity index (χ0n) is 37.3. The first kappa shape index (κ1) is 47.8. The smallest absolute Gasteiger partial charge is 0.254 e. The van der Waals surface area contributed by atoms with Crippen LogP contribution in [0.3, 0.4) is 0 Å². The molecule has 0 spiro atoms. The Morgan fingerprint density at radius 2 is 1.57 bits per heavy atom. The highest BCUT2D eigenvalue weighted by atomic mass is 16.2. The molecule has 58 heavy (non-hydrogen) atoms. The summed E-state index contributed by atoms with van der Waals surface area (Å²) >= 11 is 0. The Labute approximate surface area is 351 Å². The van der Waals surface area contributed by atoms with E-state index in [0.717, 1.165) is 107 Å². The second-order valence-corrected chi connectivity index (χ2v) is 16.2. The van der Waals surface area contributed by atoms with Crippen LogP contribution in [0.5, 0.6) is 0 Å². The summed E-state index contributed by atoms with van der Waals surface area (Å²) in [6.07, 6.45) is 9.61. The molecule has 2 aliphatic rings. The van der Waals surface area contributed by atoms with Gasteiger partial charge in [-0.3, -0.25) is 19.5 Å². The van der Waals surface area contributed by atoms with Gasteiger partial charge in [0.15, 0.2) is 6.29 Å². The number of hydrogen-bond donors (Lipinski definition) is 0. The van der Waals surface area contributed by atoms with Crippen LogP contribution < -0.4 is 4.90 Å². The highest BCUT2D eigenvalue weighted by Gasteiger charge is 2.26. The summed E-state index contributed by atoms with van der Waals surface area (Å²) in [6, 6.07) is 14.4. The third-order valence-electron chi connectivity index (χ3n) is 11.1. The van der Waals surface area contributed by atoms with Gasteiger partial charge in [0, 0.05) is 92.9 Å². The van der Waals surface area contributed by atoms with Gasteiger partial charge in [-0.05, 0) is 105 Å². The van der Waals surface area contributed by atoms with Gasteiger partial charge in [-0.1, -0.05) is 84.9 Å². The molecule has 1 amide bonds. The predicted molar refractivity (Wildman–Crippen MR) is 243 cm³/mol. The van der Waals surface area contributed by atoms with Gasteiger partial charge < -0.3 is 19.5 Å². The molecule has 8 nitrogen and oxygen atoms in total. The topological polar surface area (TPSA) is 77.1 Å². The Morgan fingerprint density at radius 3 is 2.12 bits per heavy atom. The Kier molecular flexibility index (Phi) is 20.1. The van der Waals surface area contributed by atoms with E-state index in [2.05, 4.69) is 90.1 Å². The van der Waals surface area contributed by atoms with E-state index in [0.29, 0.717) is 23.0 Å². The fourth-order valence-electron chi connectivity index (χ4n) is 7.58. The number of hydrogen-bond acceptors (Lipinski definition) is 7. The molecular formula is C50H71N5O3. The van der Waals surface area contributed by atoms with Gasteiger partial charge in [0.25, 0.3) is 5.91 Å². The molecule has 2 saturated heterocycles. The minimum Gasteiger partial charge on any atom is -0.369 e. The van der Waals surface area contributed by atoms with Crippen LogP contribution in [0.2, 0.25) is 0 Å². The van der Waals surface area contributed by atoms with Crippen molar-refractivity contribution in [1.29, 1.82) is 0 Å². The highest BCUT2D eigenvalue weighted by molar-refractivity contribution is 6.02. The van der Waals surface area contributed by atoms with E-state index in [1.54, 1.807) is 11.0 Å². The molecule has 5 rings (SSSR count). The number of piperidine rings is 1. The van der Waals surface area contributed by atoms with Crippen molar-refractivity contribution < 1.29 is 14.4 Å². The molecule has 0 aliphatic carbocycles. The van der Waals surface area contributed by atoms with Gasteiger partial charge in [-0.2, -0.15) is 0 Å². The molecular weight excluding hydrogens is 719 g/mol. The second-order valence-electron chi connectivity index (χ2n) is 16.2. The lowest BCUT2D eigenvalue weighted by atomic mass is 9.91. The van der Waals surface area contributed by atoms with E-state index < -0.39 is 0 Å². The number of likely N-dealkylation sites (tertiary alicyclic amines) is 1. The number of aromatic nitrogens is 1. The van der Waals surface area contributed by atoms with Gasteiger partial charge in [-0.15, -0.1) is 0 Å². The first-order chi connectivity index (χ1) is 27.9. The summed E-state index contributed by atoms with van der Waals surface area (Å²) in [5, 5.41) is 0. The molecule has 2 aliphatic heterocycles. The molecule has 1 aromatic heterocycles. The van der Waals surface area contributed by atoms with Gasteiger partial charge in [0.2, 0.25) is 0 Å². The SMILES string of the molecule is C=C(C)C(CCC)N(C)C(=O)c1cc(N2CCN(CCN3CCC(C#Cc4ccc(-c5cnccc5C(C)C)c(C)c4)CC3)CC2)ccc1C=O.CC.CC(C)C=O. The summed E-state index contributed by atoms with van der Waals surface area (Å²) < 4.78 is 0. The molecule has 0 radical (unpaired) electrons. The maximum atomic E-state index is 13.6. The first-order valence-electron chi connectivity index (χ1n) is 21.6. The van der Waals surface area contributed by atoms with Crippen LogP contribution in [0.1, 0.15) is 124 Å². The first-order valence-corrected chi connectivity index (χ1v) is 21.6. The van der Waals surface area contributed by atoms with Gasteiger partial charge >= 0.3 is 0 Å². The molecule has 0 saturated carbocycles. The highest BCUT2D eigenvalue weighted by Crippen LogP contribution is 2.31. The van der Waals surface area contributed by atoms with Crippen LogP contribution in [0.25, 0.3) is 11.1 Å². The number of pyridine rings is 1. The monoisotopic (exact) mass is 790 g/mol. The molecule has 1 atom stereocenters. The molecule has 2 fully saturated rings. The lowest BCUT2D eigenvalue weighted by Crippen LogP contribution is -2.49. The van der Waals surface area contributed by atoms with E-state index in [1.807, 2.05) is 66.2 Å². The number of piperazine rings is 1.